The van der Waals surface area contributed by atoms with Crippen LogP contribution in [0.3, 0.4) is 0 Å². The second-order valence-corrected chi connectivity index (χ2v) is 5.05. The van der Waals surface area contributed by atoms with Gasteiger partial charge < -0.3 is 5.32 Å². The van der Waals surface area contributed by atoms with E-state index in [1.54, 1.807) is 33.9 Å². The van der Waals surface area contributed by atoms with Gasteiger partial charge in [-0.1, -0.05) is 0 Å². The summed E-state index contributed by atoms with van der Waals surface area (Å²) in [5, 5.41) is 11.1. The number of hydrogen-bond acceptors (Lipinski definition) is 4. The lowest BCUT2D eigenvalue weighted by atomic mass is 10.3. The number of rotatable bonds is 3. The molecule has 102 valence electrons. The lowest BCUT2D eigenvalue weighted by molar-refractivity contribution is 0.0945. The Hall–Kier alpha value is -2.22. The van der Waals surface area contributed by atoms with Gasteiger partial charge in [0.25, 0.3) is 5.91 Å². The minimum Gasteiger partial charge on any atom is -0.346 e. The number of hydrogen-bond donors (Lipinski definition) is 1. The van der Waals surface area contributed by atoms with Gasteiger partial charge in [-0.3, -0.25) is 9.48 Å². The maximum atomic E-state index is 12.1. The molecule has 0 fully saturated rings. The summed E-state index contributed by atoms with van der Waals surface area (Å²) in [5.74, 6) is -0.258. The normalized spacial score (nSPS) is 10.9. The first-order chi connectivity index (χ1) is 9.65. The van der Waals surface area contributed by atoms with Crippen molar-refractivity contribution in [2.24, 2.45) is 7.05 Å². The van der Waals surface area contributed by atoms with E-state index in [1.165, 1.54) is 0 Å². The molecular formula is C12H11BrN6O. The minimum absolute atomic E-state index is 0.258. The van der Waals surface area contributed by atoms with Gasteiger partial charge in [-0.25, -0.2) is 9.50 Å². The fraction of sp³-hybridized carbons (Fsp3) is 0.167. The molecule has 7 nitrogen and oxygen atoms in total. The van der Waals surface area contributed by atoms with Gasteiger partial charge in [0, 0.05) is 37.7 Å². The molecule has 0 aliphatic heterocycles. The van der Waals surface area contributed by atoms with Crippen LogP contribution in [0.1, 0.15) is 16.1 Å². The topological polar surface area (TPSA) is 77.1 Å². The lowest BCUT2D eigenvalue weighted by Gasteiger charge is -2.00. The Bertz CT molecular complexity index is 777. The molecule has 0 atom stereocenters. The molecule has 0 saturated heterocycles. The molecule has 1 N–H and O–H groups in total. The number of amides is 1. The molecule has 8 heteroatoms. The van der Waals surface area contributed by atoms with E-state index in [2.05, 4.69) is 36.4 Å². The van der Waals surface area contributed by atoms with Gasteiger partial charge in [0.15, 0.2) is 11.3 Å². The molecule has 20 heavy (non-hydrogen) atoms. The van der Waals surface area contributed by atoms with Gasteiger partial charge in [0.05, 0.1) is 10.7 Å². The van der Waals surface area contributed by atoms with Crippen LogP contribution in [0.5, 0.6) is 0 Å². The number of halogens is 1. The molecule has 0 aromatic carbocycles. The molecule has 0 bridgehead atoms. The Morgan fingerprint density at radius 3 is 3.05 bits per heavy atom. The molecule has 0 spiro atoms. The number of nitrogens with one attached hydrogen (secondary N) is 1. The molecule has 0 radical (unpaired) electrons. The van der Waals surface area contributed by atoms with Crippen LogP contribution in [0.15, 0.2) is 35.3 Å². The average molecular weight is 335 g/mol. The molecule has 1 amide bonds. The number of aryl methyl sites for hydroxylation is 1. The van der Waals surface area contributed by atoms with Crippen LogP contribution in [0.25, 0.3) is 5.65 Å². The molecule has 3 heterocycles. The van der Waals surface area contributed by atoms with Crippen LogP contribution < -0.4 is 5.32 Å². The van der Waals surface area contributed by atoms with Crippen LogP contribution in [-0.4, -0.2) is 30.3 Å². The molecular weight excluding hydrogens is 324 g/mol. The van der Waals surface area contributed by atoms with E-state index in [0.29, 0.717) is 22.4 Å². The van der Waals surface area contributed by atoms with Gasteiger partial charge in [-0.05, 0) is 22.0 Å². The largest absolute Gasteiger partial charge is 0.346 e. The van der Waals surface area contributed by atoms with Crippen molar-refractivity contribution < 1.29 is 4.79 Å². The summed E-state index contributed by atoms with van der Waals surface area (Å²) < 4.78 is 3.83. The van der Waals surface area contributed by atoms with Crippen molar-refractivity contribution in [3.63, 3.8) is 0 Å². The second kappa shape index (κ2) is 5.04. The first-order valence-corrected chi connectivity index (χ1v) is 6.69. The third kappa shape index (κ3) is 2.29. The smallest absolute Gasteiger partial charge is 0.273 e. The summed E-state index contributed by atoms with van der Waals surface area (Å²) in [4.78, 5) is 16.3. The summed E-state index contributed by atoms with van der Waals surface area (Å²) in [7, 11) is 1.83. The molecule has 0 saturated carbocycles. The molecule has 0 aliphatic carbocycles. The van der Waals surface area contributed by atoms with Crippen molar-refractivity contribution in [2.75, 3.05) is 0 Å². The standard InChI is InChI=1S/C12H11BrN6O/c1-18-7-8(6-16-18)5-15-12(20)10-9(13)11-14-3-2-4-19(11)17-10/h2-4,6-7H,5H2,1H3,(H,15,20). The molecule has 3 aromatic heterocycles. The summed E-state index contributed by atoms with van der Waals surface area (Å²) in [6.07, 6.45) is 6.95. The zero-order valence-corrected chi connectivity index (χ0v) is 12.2. The van der Waals surface area contributed by atoms with E-state index < -0.39 is 0 Å². The molecule has 3 rings (SSSR count). The minimum atomic E-state index is -0.258. The highest BCUT2D eigenvalue weighted by Gasteiger charge is 2.17. The van der Waals surface area contributed by atoms with E-state index in [0.717, 1.165) is 5.56 Å². The SMILES string of the molecule is Cn1cc(CNC(=O)c2nn3cccnc3c2Br)cn1. The van der Waals surface area contributed by atoms with Crippen LogP contribution in [0, 0.1) is 0 Å². The predicted molar refractivity (Wildman–Crippen MR) is 75.1 cm³/mol. The quantitative estimate of drug-likeness (QED) is 0.779. The van der Waals surface area contributed by atoms with Gasteiger partial charge in [-0.15, -0.1) is 0 Å². The average Bonchev–Trinajstić information content (AvgIpc) is 3.01. The highest BCUT2D eigenvalue weighted by atomic mass is 79.9. The van der Waals surface area contributed by atoms with Crippen molar-refractivity contribution >= 4 is 27.5 Å². The predicted octanol–water partition coefficient (Wildman–Crippen LogP) is 1.16. The molecule has 3 aromatic rings. The van der Waals surface area contributed by atoms with Crippen LogP contribution in [0.4, 0.5) is 0 Å². The van der Waals surface area contributed by atoms with E-state index in [1.807, 2.05) is 13.2 Å². The van der Waals surface area contributed by atoms with Crippen molar-refractivity contribution in [1.82, 2.24) is 29.7 Å². The highest BCUT2D eigenvalue weighted by molar-refractivity contribution is 9.10. The third-order valence-electron chi connectivity index (χ3n) is 2.77. The molecule has 0 aliphatic rings. The maximum Gasteiger partial charge on any atom is 0.273 e. The van der Waals surface area contributed by atoms with Gasteiger partial charge in [0.2, 0.25) is 0 Å². The van der Waals surface area contributed by atoms with Crippen LogP contribution >= 0.6 is 15.9 Å². The number of carbonyl (C=O) groups excluding carboxylic acids is 1. The Morgan fingerprint density at radius 2 is 2.35 bits per heavy atom. The number of aromatic nitrogens is 5. The fourth-order valence-corrected chi connectivity index (χ4v) is 2.38. The lowest BCUT2D eigenvalue weighted by Crippen LogP contribution is -2.23. The summed E-state index contributed by atoms with van der Waals surface area (Å²) in [6, 6.07) is 1.75. The summed E-state index contributed by atoms with van der Waals surface area (Å²) in [6.45, 7) is 0.403. The molecule has 0 unspecified atom stereocenters. The van der Waals surface area contributed by atoms with Crippen LogP contribution in [0.2, 0.25) is 0 Å². The van der Waals surface area contributed by atoms with Crippen molar-refractivity contribution in [2.45, 2.75) is 6.54 Å². The number of fused-ring (bicyclic) bond motifs is 1. The first kappa shape index (κ1) is 12.8. The highest BCUT2D eigenvalue weighted by Crippen LogP contribution is 2.20. The van der Waals surface area contributed by atoms with Crippen molar-refractivity contribution in [3.8, 4) is 0 Å². The number of carbonyl (C=O) groups is 1. The van der Waals surface area contributed by atoms with Crippen LogP contribution in [-0.2, 0) is 13.6 Å². The second-order valence-electron chi connectivity index (χ2n) is 4.26. The fourth-order valence-electron chi connectivity index (χ4n) is 1.83. The summed E-state index contributed by atoms with van der Waals surface area (Å²) in [5.41, 5.74) is 1.85. The van der Waals surface area contributed by atoms with Crippen molar-refractivity contribution in [3.05, 3.63) is 46.6 Å². The Morgan fingerprint density at radius 1 is 1.50 bits per heavy atom. The van der Waals surface area contributed by atoms with Gasteiger partial charge in [0.1, 0.15) is 0 Å². The zero-order valence-electron chi connectivity index (χ0n) is 10.6. The monoisotopic (exact) mass is 334 g/mol. The summed E-state index contributed by atoms with van der Waals surface area (Å²) >= 11 is 3.36. The van der Waals surface area contributed by atoms with E-state index in [4.69, 9.17) is 0 Å². The Labute approximate surface area is 122 Å². The van der Waals surface area contributed by atoms with Gasteiger partial charge >= 0.3 is 0 Å². The Kier molecular flexibility index (Phi) is 3.23. The van der Waals surface area contributed by atoms with E-state index in [-0.39, 0.29) is 5.91 Å². The first-order valence-electron chi connectivity index (χ1n) is 5.90. The Balaban J connectivity index is 1.80. The zero-order chi connectivity index (χ0) is 14.1. The van der Waals surface area contributed by atoms with Crippen molar-refractivity contribution in [1.29, 1.82) is 0 Å². The van der Waals surface area contributed by atoms with E-state index >= 15 is 0 Å². The van der Waals surface area contributed by atoms with Gasteiger partial charge in [-0.2, -0.15) is 10.2 Å². The van der Waals surface area contributed by atoms with E-state index in [9.17, 15) is 4.79 Å². The maximum absolute atomic E-state index is 12.1. The number of nitrogens with zero attached hydrogens (tertiary/aromatic N) is 5. The third-order valence-corrected chi connectivity index (χ3v) is 3.50.